The van der Waals surface area contributed by atoms with Crippen molar-refractivity contribution in [2.75, 3.05) is 4.42 Å². The number of hydrogen-bond donors (Lipinski definition) is 1. The number of nitrogens with zero attached hydrogens (tertiary/aromatic N) is 1. The van der Waals surface area contributed by atoms with Crippen molar-refractivity contribution in [3.05, 3.63) is 60.2 Å². The summed E-state index contributed by atoms with van der Waals surface area (Å²) < 4.78 is 0.907. The number of amides is 1. The van der Waals surface area contributed by atoms with Crippen molar-refractivity contribution in [1.82, 2.24) is 0 Å². The first kappa shape index (κ1) is 11.5. The lowest BCUT2D eigenvalue weighted by atomic mass is 10.2. The van der Waals surface area contributed by atoms with E-state index >= 15 is 0 Å². The Morgan fingerprint density at radius 3 is 2.24 bits per heavy atom. The first-order chi connectivity index (χ1) is 8.20. The van der Waals surface area contributed by atoms with Crippen LogP contribution in [0.1, 0.15) is 10.4 Å². The molecule has 0 spiro atoms. The third-order valence-electron chi connectivity index (χ3n) is 2.29. The predicted molar refractivity (Wildman–Crippen MR) is 67.2 cm³/mol. The van der Waals surface area contributed by atoms with Crippen LogP contribution in [-0.4, -0.2) is 11.0 Å². The first-order valence-corrected chi connectivity index (χ1v) is 5.37. The lowest BCUT2D eigenvalue weighted by molar-refractivity contribution is 0.100. The summed E-state index contributed by atoms with van der Waals surface area (Å²) in [6.07, 6.45) is 0. The minimum Gasteiger partial charge on any atom is -0.506 e. The smallest absolute Gasteiger partial charge is 0.273 e. The number of phenolic OH excluding ortho intramolecular Hbond substituents is 1. The first-order valence-electron chi connectivity index (χ1n) is 5.03. The van der Waals surface area contributed by atoms with E-state index in [1.54, 1.807) is 42.5 Å². The molecule has 0 atom stereocenters. The average Bonchev–Trinajstić information content (AvgIpc) is 2.39. The van der Waals surface area contributed by atoms with Crippen LogP contribution < -0.4 is 4.42 Å². The second kappa shape index (κ2) is 4.89. The molecule has 0 aliphatic carbocycles. The summed E-state index contributed by atoms with van der Waals surface area (Å²) in [5, 5.41) is 9.60. The van der Waals surface area contributed by atoms with Crippen LogP contribution in [0.4, 0.5) is 5.69 Å². The van der Waals surface area contributed by atoms with Crippen LogP contribution in [0.3, 0.4) is 0 Å². The van der Waals surface area contributed by atoms with E-state index in [1.165, 1.54) is 6.07 Å². The number of halogens is 1. The van der Waals surface area contributed by atoms with Gasteiger partial charge in [-0.2, -0.15) is 0 Å². The number of hydrogen-bond acceptors (Lipinski definition) is 2. The topological polar surface area (TPSA) is 40.5 Å². The molecule has 2 rings (SSSR count). The SMILES string of the molecule is O=C(c1ccccc1)N(Cl)c1ccccc1O. The van der Waals surface area contributed by atoms with E-state index < -0.39 is 0 Å². The maximum absolute atomic E-state index is 12.0. The van der Waals surface area contributed by atoms with Crippen molar-refractivity contribution in [2.45, 2.75) is 0 Å². The summed E-state index contributed by atoms with van der Waals surface area (Å²) in [6.45, 7) is 0. The molecule has 0 aromatic heterocycles. The maximum atomic E-state index is 12.0. The molecular formula is C13H10ClNO2. The summed E-state index contributed by atoms with van der Waals surface area (Å²) >= 11 is 5.92. The van der Waals surface area contributed by atoms with E-state index in [0.29, 0.717) is 5.56 Å². The summed E-state index contributed by atoms with van der Waals surface area (Å²) in [4.78, 5) is 12.0. The Morgan fingerprint density at radius 2 is 1.59 bits per heavy atom. The van der Waals surface area contributed by atoms with Gasteiger partial charge in [0.25, 0.3) is 5.91 Å². The minimum atomic E-state index is -0.381. The van der Waals surface area contributed by atoms with Gasteiger partial charge in [0, 0.05) is 17.3 Å². The fourth-order valence-electron chi connectivity index (χ4n) is 1.43. The minimum absolute atomic E-state index is 0.0354. The molecule has 0 fully saturated rings. The van der Waals surface area contributed by atoms with Gasteiger partial charge >= 0.3 is 0 Å². The molecule has 2 aromatic rings. The molecule has 2 aromatic carbocycles. The lowest BCUT2D eigenvalue weighted by Crippen LogP contribution is -2.20. The maximum Gasteiger partial charge on any atom is 0.273 e. The Hall–Kier alpha value is -2.00. The van der Waals surface area contributed by atoms with Crippen LogP contribution in [0.5, 0.6) is 5.75 Å². The van der Waals surface area contributed by atoms with E-state index in [1.807, 2.05) is 6.07 Å². The molecule has 0 saturated heterocycles. The van der Waals surface area contributed by atoms with Crippen molar-refractivity contribution < 1.29 is 9.90 Å². The quantitative estimate of drug-likeness (QED) is 0.828. The molecule has 1 amide bonds. The highest BCUT2D eigenvalue weighted by atomic mass is 35.5. The summed E-state index contributed by atoms with van der Waals surface area (Å²) in [5.74, 6) is -0.416. The third kappa shape index (κ3) is 2.40. The van der Waals surface area contributed by atoms with Crippen molar-refractivity contribution in [3.63, 3.8) is 0 Å². The van der Waals surface area contributed by atoms with Gasteiger partial charge in [-0.25, -0.2) is 4.42 Å². The third-order valence-corrected chi connectivity index (χ3v) is 2.63. The zero-order valence-corrected chi connectivity index (χ0v) is 9.63. The second-order valence-corrected chi connectivity index (χ2v) is 3.78. The Labute approximate surface area is 104 Å². The second-order valence-electron chi connectivity index (χ2n) is 3.44. The Kier molecular flexibility index (Phi) is 3.30. The molecule has 0 radical (unpaired) electrons. The van der Waals surface area contributed by atoms with Crippen molar-refractivity contribution in [3.8, 4) is 5.75 Å². The number of rotatable bonds is 2. The largest absolute Gasteiger partial charge is 0.506 e. The molecule has 0 aliphatic heterocycles. The van der Waals surface area contributed by atoms with E-state index in [-0.39, 0.29) is 17.3 Å². The average molecular weight is 248 g/mol. The number of phenols is 1. The van der Waals surface area contributed by atoms with Gasteiger partial charge in [-0.1, -0.05) is 30.3 Å². The highest BCUT2D eigenvalue weighted by molar-refractivity contribution is 6.39. The van der Waals surface area contributed by atoms with Crippen molar-refractivity contribution >= 4 is 23.4 Å². The van der Waals surface area contributed by atoms with Gasteiger partial charge in [-0.3, -0.25) is 4.79 Å². The van der Waals surface area contributed by atoms with Crippen LogP contribution in [0, 0.1) is 0 Å². The fourth-order valence-corrected chi connectivity index (χ4v) is 1.67. The molecule has 86 valence electrons. The predicted octanol–water partition coefficient (Wildman–Crippen LogP) is 3.19. The zero-order chi connectivity index (χ0) is 12.3. The van der Waals surface area contributed by atoms with Gasteiger partial charge in [0.1, 0.15) is 11.4 Å². The molecule has 3 nitrogen and oxygen atoms in total. The van der Waals surface area contributed by atoms with Gasteiger partial charge in [-0.05, 0) is 24.3 Å². The van der Waals surface area contributed by atoms with Gasteiger partial charge < -0.3 is 5.11 Å². The standard InChI is InChI=1S/C13H10ClNO2/c14-15(11-8-4-5-9-12(11)16)13(17)10-6-2-1-3-7-10/h1-9,16H. The number of aromatic hydroxyl groups is 1. The molecule has 0 saturated carbocycles. The summed E-state index contributed by atoms with van der Waals surface area (Å²) in [6, 6.07) is 15.1. The van der Waals surface area contributed by atoms with E-state index in [2.05, 4.69) is 0 Å². The van der Waals surface area contributed by atoms with E-state index in [9.17, 15) is 9.90 Å². The van der Waals surface area contributed by atoms with Crippen LogP contribution in [0.25, 0.3) is 0 Å². The number of para-hydroxylation sites is 2. The number of carbonyl (C=O) groups excluding carboxylic acids is 1. The van der Waals surface area contributed by atoms with Crippen LogP contribution in [-0.2, 0) is 0 Å². The van der Waals surface area contributed by atoms with Gasteiger partial charge in [0.15, 0.2) is 0 Å². The Balaban J connectivity index is 2.30. The number of carbonyl (C=O) groups is 1. The molecule has 0 bridgehead atoms. The molecule has 0 unspecified atom stereocenters. The van der Waals surface area contributed by atoms with Gasteiger partial charge in [0.2, 0.25) is 0 Å². The zero-order valence-electron chi connectivity index (χ0n) is 8.88. The summed E-state index contributed by atoms with van der Waals surface area (Å²) in [5.41, 5.74) is 0.730. The number of anilines is 1. The Bertz CT molecular complexity index is 528. The van der Waals surface area contributed by atoms with Gasteiger partial charge in [0.05, 0.1) is 0 Å². The van der Waals surface area contributed by atoms with Gasteiger partial charge in [-0.15, -0.1) is 0 Å². The van der Waals surface area contributed by atoms with Crippen LogP contribution in [0.15, 0.2) is 54.6 Å². The lowest BCUT2D eigenvalue weighted by Gasteiger charge is -2.14. The van der Waals surface area contributed by atoms with Crippen LogP contribution >= 0.6 is 11.8 Å². The Morgan fingerprint density at radius 1 is 1.00 bits per heavy atom. The molecule has 0 aliphatic rings. The summed E-state index contributed by atoms with van der Waals surface area (Å²) in [7, 11) is 0. The molecule has 4 heteroatoms. The van der Waals surface area contributed by atoms with Crippen molar-refractivity contribution in [1.29, 1.82) is 0 Å². The molecule has 0 heterocycles. The monoisotopic (exact) mass is 247 g/mol. The van der Waals surface area contributed by atoms with E-state index in [0.717, 1.165) is 4.42 Å². The highest BCUT2D eigenvalue weighted by Crippen LogP contribution is 2.29. The molecular weight excluding hydrogens is 238 g/mol. The molecule has 17 heavy (non-hydrogen) atoms. The fraction of sp³-hybridized carbons (Fsp3) is 0. The van der Waals surface area contributed by atoms with E-state index in [4.69, 9.17) is 11.8 Å². The molecule has 1 N–H and O–H groups in total. The number of benzene rings is 2. The van der Waals surface area contributed by atoms with Crippen molar-refractivity contribution in [2.24, 2.45) is 0 Å². The normalized spacial score (nSPS) is 9.94. The van der Waals surface area contributed by atoms with Crippen LogP contribution in [0.2, 0.25) is 0 Å². The highest BCUT2D eigenvalue weighted by Gasteiger charge is 2.17.